The number of nitrogens with zero attached hydrogens (tertiary/aromatic N) is 3. The van der Waals surface area contributed by atoms with Crippen LogP contribution in [0.3, 0.4) is 0 Å². The molecule has 0 saturated heterocycles. The van der Waals surface area contributed by atoms with Crippen LogP contribution in [-0.4, -0.2) is 29.9 Å². The summed E-state index contributed by atoms with van der Waals surface area (Å²) in [6.45, 7) is 0. The van der Waals surface area contributed by atoms with E-state index < -0.39 is 0 Å². The zero-order valence-electron chi connectivity index (χ0n) is 14.1. The number of hydrogen-bond donors (Lipinski definition) is 0. The van der Waals surface area contributed by atoms with Crippen molar-refractivity contribution in [1.29, 1.82) is 5.26 Å². The van der Waals surface area contributed by atoms with Gasteiger partial charge in [0.25, 0.3) is 0 Å². The Labute approximate surface area is 152 Å². The predicted octanol–water partition coefficient (Wildman–Crippen LogP) is 4.07. The highest BCUT2D eigenvalue weighted by molar-refractivity contribution is 6.30. The Morgan fingerprint density at radius 1 is 1.08 bits per heavy atom. The van der Waals surface area contributed by atoms with Gasteiger partial charge in [0.05, 0.1) is 11.7 Å². The zero-order chi connectivity index (χ0) is 18.0. The highest BCUT2D eigenvalue weighted by Gasteiger charge is 2.33. The van der Waals surface area contributed by atoms with Crippen LogP contribution in [0.5, 0.6) is 0 Å². The summed E-state index contributed by atoms with van der Waals surface area (Å²) in [6, 6.07) is 19.0. The SMILES string of the molecule is CN1C(c2ccccc2)=C(C#N)C(=O)C[C@H](c2ccc(Cl)cc2)N1C. The molecule has 1 atom stereocenters. The Hall–Kier alpha value is -2.61. The Balaban J connectivity index is 2.08. The second-order valence-corrected chi connectivity index (χ2v) is 6.43. The molecule has 0 amide bonds. The molecule has 0 fully saturated rings. The van der Waals surface area contributed by atoms with Crippen molar-refractivity contribution in [3.63, 3.8) is 0 Å². The van der Waals surface area contributed by atoms with Crippen molar-refractivity contribution in [3.05, 3.63) is 76.3 Å². The molecule has 25 heavy (non-hydrogen) atoms. The first-order chi connectivity index (χ1) is 12.0. The van der Waals surface area contributed by atoms with E-state index in [1.807, 2.05) is 78.7 Å². The van der Waals surface area contributed by atoms with Crippen LogP contribution < -0.4 is 0 Å². The van der Waals surface area contributed by atoms with Crippen molar-refractivity contribution in [2.24, 2.45) is 0 Å². The van der Waals surface area contributed by atoms with Gasteiger partial charge >= 0.3 is 0 Å². The summed E-state index contributed by atoms with van der Waals surface area (Å²) in [6.07, 6.45) is 0.238. The minimum Gasteiger partial charge on any atom is -0.306 e. The van der Waals surface area contributed by atoms with Gasteiger partial charge in [-0.3, -0.25) is 4.79 Å². The van der Waals surface area contributed by atoms with Gasteiger partial charge in [-0.05, 0) is 17.7 Å². The fourth-order valence-electron chi connectivity index (χ4n) is 3.13. The van der Waals surface area contributed by atoms with Crippen LogP contribution in [0.2, 0.25) is 5.02 Å². The van der Waals surface area contributed by atoms with E-state index in [1.54, 1.807) is 0 Å². The summed E-state index contributed by atoms with van der Waals surface area (Å²) >= 11 is 5.98. The molecule has 1 heterocycles. The van der Waals surface area contributed by atoms with Gasteiger partial charge in [0, 0.05) is 31.1 Å². The third-order valence-electron chi connectivity index (χ3n) is 4.56. The Morgan fingerprint density at radius 2 is 1.72 bits per heavy atom. The van der Waals surface area contributed by atoms with Gasteiger partial charge < -0.3 is 5.01 Å². The zero-order valence-corrected chi connectivity index (χ0v) is 14.9. The van der Waals surface area contributed by atoms with Crippen molar-refractivity contribution < 1.29 is 4.79 Å². The Bertz CT molecular complexity index is 853. The van der Waals surface area contributed by atoms with Gasteiger partial charge in [0.15, 0.2) is 5.78 Å². The number of halogens is 1. The average molecular weight is 352 g/mol. The van der Waals surface area contributed by atoms with Crippen LogP contribution in [0.4, 0.5) is 0 Å². The van der Waals surface area contributed by atoms with Crippen molar-refractivity contribution >= 4 is 23.1 Å². The van der Waals surface area contributed by atoms with E-state index in [9.17, 15) is 10.1 Å². The Kier molecular flexibility index (Phi) is 4.89. The first-order valence-electron chi connectivity index (χ1n) is 7.98. The lowest BCUT2D eigenvalue weighted by molar-refractivity contribution is -0.116. The van der Waals surface area contributed by atoms with Crippen LogP contribution in [0.1, 0.15) is 23.6 Å². The minimum absolute atomic E-state index is 0.155. The normalized spacial score (nSPS) is 18.9. The first-order valence-corrected chi connectivity index (χ1v) is 8.35. The summed E-state index contributed by atoms with van der Waals surface area (Å²) in [4.78, 5) is 12.8. The van der Waals surface area contributed by atoms with Gasteiger partial charge in [0.1, 0.15) is 11.6 Å². The van der Waals surface area contributed by atoms with Crippen LogP contribution in [-0.2, 0) is 4.79 Å². The quantitative estimate of drug-likeness (QED) is 0.818. The molecule has 0 radical (unpaired) electrons. The molecule has 3 rings (SSSR count). The fraction of sp³-hybridized carbons (Fsp3) is 0.200. The first kappa shape index (κ1) is 17.2. The van der Waals surface area contributed by atoms with E-state index >= 15 is 0 Å². The van der Waals surface area contributed by atoms with E-state index in [0.29, 0.717) is 10.7 Å². The number of nitriles is 1. The monoisotopic (exact) mass is 351 g/mol. The van der Waals surface area contributed by atoms with E-state index in [1.165, 1.54) is 0 Å². The summed E-state index contributed by atoms with van der Waals surface area (Å²) in [5.74, 6) is -0.155. The second-order valence-electron chi connectivity index (χ2n) is 5.99. The lowest BCUT2D eigenvalue weighted by Gasteiger charge is -2.36. The van der Waals surface area contributed by atoms with Gasteiger partial charge in [-0.2, -0.15) is 5.26 Å². The summed E-state index contributed by atoms with van der Waals surface area (Å²) < 4.78 is 0. The third-order valence-corrected chi connectivity index (χ3v) is 4.81. The van der Waals surface area contributed by atoms with Crippen molar-refractivity contribution in [1.82, 2.24) is 10.0 Å². The molecule has 0 spiro atoms. The van der Waals surface area contributed by atoms with E-state index in [0.717, 1.165) is 11.1 Å². The number of Topliss-reactive ketones (excluding diaryl/α,β-unsaturated/α-hetero) is 1. The van der Waals surface area contributed by atoms with Crippen LogP contribution in [0, 0.1) is 11.3 Å². The molecule has 0 bridgehead atoms. The average Bonchev–Trinajstić information content (AvgIpc) is 2.72. The summed E-state index contributed by atoms with van der Waals surface area (Å²) in [5, 5.41) is 14.2. The molecule has 5 heteroatoms. The number of ketones is 1. The number of carbonyl (C=O) groups excluding carboxylic acids is 1. The van der Waals surface area contributed by atoms with Crippen LogP contribution in [0.25, 0.3) is 5.70 Å². The molecule has 0 N–H and O–H groups in total. The van der Waals surface area contributed by atoms with Gasteiger partial charge in [-0.25, -0.2) is 5.01 Å². The summed E-state index contributed by atoms with van der Waals surface area (Å²) in [7, 11) is 3.80. The maximum Gasteiger partial charge on any atom is 0.177 e. The van der Waals surface area contributed by atoms with Gasteiger partial charge in [0.2, 0.25) is 0 Å². The molecular formula is C20H18ClN3O. The third kappa shape index (κ3) is 3.30. The molecule has 0 aromatic heterocycles. The number of rotatable bonds is 2. The van der Waals surface area contributed by atoms with E-state index in [4.69, 9.17) is 11.6 Å². The number of hydrazine groups is 1. The fourth-order valence-corrected chi connectivity index (χ4v) is 3.26. The maximum atomic E-state index is 12.8. The van der Waals surface area contributed by atoms with Crippen LogP contribution in [0.15, 0.2) is 60.2 Å². The van der Waals surface area contributed by atoms with Crippen molar-refractivity contribution in [2.45, 2.75) is 12.5 Å². The number of carbonyl (C=O) groups is 1. The maximum absolute atomic E-state index is 12.8. The highest BCUT2D eigenvalue weighted by atomic mass is 35.5. The number of allylic oxidation sites excluding steroid dienone is 1. The largest absolute Gasteiger partial charge is 0.306 e. The molecule has 0 aliphatic carbocycles. The van der Waals surface area contributed by atoms with Gasteiger partial charge in [-0.1, -0.05) is 54.1 Å². The Morgan fingerprint density at radius 3 is 2.32 bits per heavy atom. The number of hydrogen-bond acceptors (Lipinski definition) is 4. The molecule has 0 unspecified atom stereocenters. The molecule has 4 nitrogen and oxygen atoms in total. The van der Waals surface area contributed by atoms with E-state index in [-0.39, 0.29) is 23.8 Å². The smallest absolute Gasteiger partial charge is 0.177 e. The molecule has 2 aromatic rings. The van der Waals surface area contributed by atoms with Crippen molar-refractivity contribution in [2.75, 3.05) is 14.1 Å². The highest BCUT2D eigenvalue weighted by Crippen LogP contribution is 2.35. The lowest BCUT2D eigenvalue weighted by Crippen LogP contribution is -2.37. The minimum atomic E-state index is -0.167. The standard InChI is InChI=1S/C20H18ClN3O/c1-23-18(14-8-10-16(21)11-9-14)12-19(25)17(13-22)20(24(23)2)15-6-4-3-5-7-15/h3-11,18H,12H2,1-2H3/t18-/m1/s1. The number of benzene rings is 2. The molecule has 126 valence electrons. The molecule has 1 aliphatic heterocycles. The molecule has 1 aliphatic rings. The van der Waals surface area contributed by atoms with E-state index in [2.05, 4.69) is 6.07 Å². The molecule has 0 saturated carbocycles. The van der Waals surface area contributed by atoms with Gasteiger partial charge in [-0.15, -0.1) is 0 Å². The van der Waals surface area contributed by atoms with Crippen molar-refractivity contribution in [3.8, 4) is 6.07 Å². The second kappa shape index (κ2) is 7.10. The topological polar surface area (TPSA) is 47.3 Å². The lowest BCUT2D eigenvalue weighted by atomic mass is 9.97. The molecule has 2 aromatic carbocycles. The summed E-state index contributed by atoms with van der Waals surface area (Å²) in [5.41, 5.74) is 2.65. The molecular weight excluding hydrogens is 334 g/mol. The van der Waals surface area contributed by atoms with Crippen LogP contribution >= 0.6 is 11.6 Å². The predicted molar refractivity (Wildman–Crippen MR) is 98.3 cm³/mol.